The van der Waals surface area contributed by atoms with Crippen molar-refractivity contribution in [3.05, 3.63) is 35.6 Å². The molecule has 11 heteroatoms. The second kappa shape index (κ2) is 9.27. The predicted octanol–water partition coefficient (Wildman–Crippen LogP) is 2.09. The zero-order valence-electron chi connectivity index (χ0n) is 17.1. The lowest BCUT2D eigenvalue weighted by molar-refractivity contribution is -0.0548. The molecule has 0 radical (unpaired) electrons. The van der Waals surface area contributed by atoms with Crippen LogP contribution in [0.1, 0.15) is 20.1 Å². The van der Waals surface area contributed by atoms with E-state index in [0.29, 0.717) is 27.2 Å². The predicted molar refractivity (Wildman–Crippen MR) is 117 cm³/mol. The Morgan fingerprint density at radius 1 is 1.13 bits per heavy atom. The fraction of sp³-hybridized carbons (Fsp3) is 0.450. The van der Waals surface area contributed by atoms with Crippen molar-refractivity contribution in [2.45, 2.75) is 48.4 Å². The highest BCUT2D eigenvalue weighted by Crippen LogP contribution is 2.39. The van der Waals surface area contributed by atoms with Crippen molar-refractivity contribution >= 4 is 40.3 Å². The van der Waals surface area contributed by atoms with E-state index < -0.39 is 31.1 Å². The molecule has 0 saturated carbocycles. The van der Waals surface area contributed by atoms with Gasteiger partial charge in [-0.3, -0.25) is 4.57 Å². The molecule has 3 heterocycles. The maximum atomic E-state index is 10.7. The summed E-state index contributed by atoms with van der Waals surface area (Å²) in [6.07, 6.45) is -2.91. The molecular formula is C20H24ClN5O4S. The van der Waals surface area contributed by atoms with Crippen molar-refractivity contribution in [1.82, 2.24) is 19.5 Å². The van der Waals surface area contributed by atoms with Gasteiger partial charge in [-0.25, -0.2) is 15.0 Å². The van der Waals surface area contributed by atoms with Crippen LogP contribution in [0.25, 0.3) is 11.2 Å². The molecule has 4 atom stereocenters. The summed E-state index contributed by atoms with van der Waals surface area (Å²) in [5.74, 6) is 0.679. The number of fused-ring (bicyclic) bond motifs is 1. The first-order chi connectivity index (χ1) is 15.0. The van der Waals surface area contributed by atoms with Crippen molar-refractivity contribution in [1.29, 1.82) is 0 Å². The molecule has 1 fully saturated rings. The number of aliphatic hydroxyl groups excluding tert-OH is 3. The Morgan fingerprint density at radius 2 is 1.84 bits per heavy atom. The minimum Gasteiger partial charge on any atom is -0.394 e. The first-order valence-corrected chi connectivity index (χ1v) is 11.2. The lowest BCUT2D eigenvalue weighted by Crippen LogP contribution is -2.33. The summed E-state index contributed by atoms with van der Waals surface area (Å²) >= 11 is 7.36. The summed E-state index contributed by atoms with van der Waals surface area (Å²) in [6.45, 7) is 5.13. The molecule has 4 rings (SSSR count). The molecule has 166 valence electrons. The van der Waals surface area contributed by atoms with Crippen LogP contribution in [0.15, 0.2) is 40.6 Å². The third kappa shape index (κ3) is 4.11. The maximum Gasteiger partial charge on any atom is 0.177 e. The third-order valence-electron chi connectivity index (χ3n) is 5.28. The van der Waals surface area contributed by atoms with Crippen molar-refractivity contribution in [3.63, 3.8) is 0 Å². The number of ether oxygens (including phenoxy) is 1. The fourth-order valence-electron chi connectivity index (χ4n) is 3.63. The van der Waals surface area contributed by atoms with Gasteiger partial charge in [-0.05, 0) is 38.1 Å². The quantitative estimate of drug-likeness (QED) is 0.482. The Labute approximate surface area is 188 Å². The van der Waals surface area contributed by atoms with Gasteiger partial charge in [-0.1, -0.05) is 23.4 Å². The molecule has 1 saturated heterocycles. The normalized spacial score (nSPS) is 23.5. The molecule has 0 unspecified atom stereocenters. The van der Waals surface area contributed by atoms with Gasteiger partial charge in [-0.2, -0.15) is 0 Å². The van der Waals surface area contributed by atoms with Crippen molar-refractivity contribution < 1.29 is 20.1 Å². The number of nitrogens with zero attached hydrogens (tertiary/aromatic N) is 5. The average Bonchev–Trinajstić information content (AvgIpc) is 3.27. The molecular weight excluding hydrogens is 442 g/mol. The van der Waals surface area contributed by atoms with Crippen molar-refractivity contribution in [3.8, 4) is 0 Å². The van der Waals surface area contributed by atoms with Gasteiger partial charge in [-0.15, -0.1) is 0 Å². The number of hydrogen-bond donors (Lipinski definition) is 3. The second-order valence-corrected chi connectivity index (χ2v) is 8.57. The molecule has 0 amide bonds. The summed E-state index contributed by atoms with van der Waals surface area (Å²) in [4.78, 5) is 16.6. The number of aliphatic hydroxyl groups is 3. The summed E-state index contributed by atoms with van der Waals surface area (Å²) in [6, 6.07) is 7.30. The molecule has 3 aromatic rings. The SMILES string of the molecule is CCN(CC)c1ncnc2c1nc(Sc1ccc(Cl)cc1)n2[C@@H]1O[C@H](CO)[C@@H](O)[C@H]1O. The average molecular weight is 466 g/mol. The summed E-state index contributed by atoms with van der Waals surface area (Å²) in [5.41, 5.74) is 1.05. The molecule has 0 spiro atoms. The highest BCUT2D eigenvalue weighted by Gasteiger charge is 2.45. The van der Waals surface area contributed by atoms with Crippen LogP contribution in [0.3, 0.4) is 0 Å². The fourth-order valence-corrected chi connectivity index (χ4v) is 4.67. The molecule has 2 aromatic heterocycles. The monoisotopic (exact) mass is 465 g/mol. The second-order valence-electron chi connectivity index (χ2n) is 7.09. The highest BCUT2D eigenvalue weighted by atomic mass is 35.5. The molecule has 31 heavy (non-hydrogen) atoms. The standard InChI is InChI=1S/C20H24ClN5O4S/c1-3-25(4-2)17-14-18(23-10-22-17)26(19-16(29)15(28)13(9-27)30-19)20(24-14)31-12-7-5-11(21)6-8-12/h5-8,10,13,15-16,19,27-29H,3-4,9H2,1-2H3/t13-,15-,16-,19-/m1/s1. The van der Waals surface area contributed by atoms with Gasteiger partial charge in [0.1, 0.15) is 24.6 Å². The van der Waals surface area contributed by atoms with E-state index in [0.717, 1.165) is 18.0 Å². The smallest absolute Gasteiger partial charge is 0.177 e. The van der Waals surface area contributed by atoms with E-state index in [-0.39, 0.29) is 0 Å². The number of halogens is 1. The van der Waals surface area contributed by atoms with E-state index >= 15 is 0 Å². The molecule has 1 aromatic carbocycles. The first kappa shape index (κ1) is 22.3. The van der Waals surface area contributed by atoms with Crippen LogP contribution < -0.4 is 4.90 Å². The number of anilines is 1. The highest BCUT2D eigenvalue weighted by molar-refractivity contribution is 7.99. The number of rotatable bonds is 7. The summed E-state index contributed by atoms with van der Waals surface area (Å²) < 4.78 is 7.46. The van der Waals surface area contributed by atoms with Gasteiger partial charge in [0.2, 0.25) is 0 Å². The van der Waals surface area contributed by atoms with Crippen LogP contribution in [-0.4, -0.2) is 72.8 Å². The van der Waals surface area contributed by atoms with Crippen LogP contribution in [0.4, 0.5) is 5.82 Å². The Bertz CT molecular complexity index is 1050. The van der Waals surface area contributed by atoms with Gasteiger partial charge in [0.05, 0.1) is 6.61 Å². The first-order valence-electron chi connectivity index (χ1n) is 10.0. The van der Waals surface area contributed by atoms with E-state index in [1.165, 1.54) is 18.1 Å². The van der Waals surface area contributed by atoms with E-state index in [1.54, 1.807) is 16.7 Å². The van der Waals surface area contributed by atoms with E-state index in [9.17, 15) is 15.3 Å². The lowest BCUT2D eigenvalue weighted by Gasteiger charge is -2.20. The number of imidazole rings is 1. The third-order valence-corrected chi connectivity index (χ3v) is 6.51. The van der Waals surface area contributed by atoms with Gasteiger partial charge in [0.15, 0.2) is 28.4 Å². The Balaban J connectivity index is 1.87. The summed E-state index contributed by atoms with van der Waals surface area (Å²) in [5, 5.41) is 31.6. The molecule has 0 bridgehead atoms. The van der Waals surface area contributed by atoms with Crippen molar-refractivity contribution in [2.75, 3.05) is 24.6 Å². The minimum atomic E-state index is -1.26. The largest absolute Gasteiger partial charge is 0.394 e. The van der Waals surface area contributed by atoms with Gasteiger partial charge in [0.25, 0.3) is 0 Å². The van der Waals surface area contributed by atoms with Crippen LogP contribution >= 0.6 is 23.4 Å². The van der Waals surface area contributed by atoms with Gasteiger partial charge < -0.3 is 25.0 Å². The maximum absolute atomic E-state index is 10.7. The molecule has 0 aliphatic carbocycles. The Kier molecular flexibility index (Phi) is 6.65. The topological polar surface area (TPSA) is 117 Å². The number of aromatic nitrogens is 4. The van der Waals surface area contributed by atoms with Crippen LogP contribution in [0, 0.1) is 0 Å². The van der Waals surface area contributed by atoms with Crippen LogP contribution in [-0.2, 0) is 4.74 Å². The van der Waals surface area contributed by atoms with Crippen molar-refractivity contribution in [2.24, 2.45) is 0 Å². The van der Waals surface area contributed by atoms with E-state index in [2.05, 4.69) is 14.9 Å². The number of benzene rings is 1. The summed E-state index contributed by atoms with van der Waals surface area (Å²) in [7, 11) is 0. The Hall–Kier alpha value is -1.95. The Morgan fingerprint density at radius 3 is 2.45 bits per heavy atom. The minimum absolute atomic E-state index is 0.416. The van der Waals surface area contributed by atoms with Gasteiger partial charge in [0, 0.05) is 23.0 Å². The van der Waals surface area contributed by atoms with Crippen LogP contribution in [0.5, 0.6) is 0 Å². The number of hydrogen-bond acceptors (Lipinski definition) is 9. The lowest BCUT2D eigenvalue weighted by atomic mass is 10.1. The van der Waals surface area contributed by atoms with Crippen LogP contribution in [0.2, 0.25) is 5.02 Å². The molecule has 9 nitrogen and oxygen atoms in total. The van der Waals surface area contributed by atoms with E-state index in [4.69, 9.17) is 21.3 Å². The van der Waals surface area contributed by atoms with Gasteiger partial charge >= 0.3 is 0 Å². The zero-order chi connectivity index (χ0) is 22.1. The molecule has 3 N–H and O–H groups in total. The molecule has 1 aliphatic heterocycles. The molecule has 1 aliphatic rings. The van der Waals surface area contributed by atoms with E-state index in [1.807, 2.05) is 26.0 Å². The zero-order valence-corrected chi connectivity index (χ0v) is 18.7.